The topological polar surface area (TPSA) is 63.0 Å². The van der Waals surface area contributed by atoms with Crippen LogP contribution in [0.25, 0.3) is 0 Å². The van der Waals surface area contributed by atoms with Crippen molar-refractivity contribution >= 4 is 11.5 Å². The Kier molecular flexibility index (Phi) is 8.69. The van der Waals surface area contributed by atoms with Crippen molar-refractivity contribution in [1.29, 1.82) is 0 Å². The van der Waals surface area contributed by atoms with Gasteiger partial charge in [0.25, 0.3) is 0 Å². The summed E-state index contributed by atoms with van der Waals surface area (Å²) in [7, 11) is 1.83. The van der Waals surface area contributed by atoms with Crippen LogP contribution in [0.1, 0.15) is 35.6 Å². The van der Waals surface area contributed by atoms with Crippen LogP contribution in [0.15, 0.2) is 43.2 Å². The fourth-order valence-electron chi connectivity index (χ4n) is 2.80. The Balaban J connectivity index is 0.000000735. The molecule has 1 fully saturated rings. The van der Waals surface area contributed by atoms with Crippen LogP contribution in [0.4, 0.5) is 29.1 Å². The van der Waals surface area contributed by atoms with E-state index in [1.807, 2.05) is 19.2 Å². The Hall–Kier alpha value is -3.05. The van der Waals surface area contributed by atoms with E-state index in [1.54, 1.807) is 24.5 Å². The van der Waals surface area contributed by atoms with Gasteiger partial charge in [-0.05, 0) is 61.5 Å². The molecule has 4 nitrogen and oxygen atoms in total. The number of benzene rings is 1. The molecular formula is C22H24F4N4. The summed E-state index contributed by atoms with van der Waals surface area (Å²) in [5.74, 6) is 7.12. The molecule has 4 N–H and O–H groups in total. The van der Waals surface area contributed by atoms with Gasteiger partial charge in [0.2, 0.25) is 0 Å². The lowest BCUT2D eigenvalue weighted by Gasteiger charge is -2.17. The summed E-state index contributed by atoms with van der Waals surface area (Å²) in [4.78, 5) is 3.97. The molecule has 0 amide bonds. The van der Waals surface area contributed by atoms with Crippen molar-refractivity contribution in [1.82, 2.24) is 10.3 Å². The number of hydrogen-bond donors (Lipinski definition) is 3. The van der Waals surface area contributed by atoms with E-state index in [2.05, 4.69) is 34.0 Å². The number of pyridine rings is 1. The highest BCUT2D eigenvalue weighted by molar-refractivity contribution is 5.59. The summed E-state index contributed by atoms with van der Waals surface area (Å²) >= 11 is 0. The second-order valence-corrected chi connectivity index (χ2v) is 6.68. The predicted molar refractivity (Wildman–Crippen MR) is 111 cm³/mol. The van der Waals surface area contributed by atoms with Crippen molar-refractivity contribution in [3.05, 3.63) is 65.7 Å². The first-order chi connectivity index (χ1) is 14.3. The molecule has 1 atom stereocenters. The van der Waals surface area contributed by atoms with Crippen LogP contribution in [-0.4, -0.2) is 18.7 Å². The second kappa shape index (κ2) is 11.2. The number of nitrogen functional groups attached to an aromatic ring is 1. The average molecular weight is 420 g/mol. The fraction of sp³-hybridized carbons (Fsp3) is 0.318. The molecule has 2 aromatic rings. The van der Waals surface area contributed by atoms with Gasteiger partial charge in [0.1, 0.15) is 11.6 Å². The van der Waals surface area contributed by atoms with E-state index in [0.717, 1.165) is 29.7 Å². The Bertz CT molecular complexity index is 914. The fourth-order valence-corrected chi connectivity index (χ4v) is 2.80. The Morgan fingerprint density at radius 2 is 2.00 bits per heavy atom. The quantitative estimate of drug-likeness (QED) is 0.464. The van der Waals surface area contributed by atoms with Crippen molar-refractivity contribution in [2.45, 2.75) is 32.0 Å². The third-order valence-corrected chi connectivity index (χ3v) is 4.33. The standard InChI is InChI=1S/C21H23FN4.CHF3/c1-3-25-20-12-16(10-15-8-9-26-21(23)11-15)18(22)13-17(20)19(24-2)7-6-14-4-5-14;2-1(3)4/h3,8-9,11-14,19,24-25H,1,4-5,10H2,2H3,(H2,23,26);1H. The summed E-state index contributed by atoms with van der Waals surface area (Å²) in [6, 6.07) is 6.71. The lowest BCUT2D eigenvalue weighted by molar-refractivity contribution is 0.00819. The van der Waals surface area contributed by atoms with Crippen molar-refractivity contribution < 1.29 is 17.6 Å². The molecule has 3 rings (SSSR count). The lowest BCUT2D eigenvalue weighted by Crippen LogP contribution is -2.17. The Labute approximate surface area is 173 Å². The molecule has 0 radical (unpaired) electrons. The number of nitrogens with zero attached hydrogens (tertiary/aromatic N) is 1. The molecule has 0 bridgehead atoms. The highest BCUT2D eigenvalue weighted by Crippen LogP contribution is 2.30. The van der Waals surface area contributed by atoms with Crippen LogP contribution < -0.4 is 16.4 Å². The van der Waals surface area contributed by atoms with Gasteiger partial charge >= 0.3 is 6.68 Å². The van der Waals surface area contributed by atoms with Gasteiger partial charge in [-0.1, -0.05) is 18.4 Å². The van der Waals surface area contributed by atoms with E-state index < -0.39 is 6.68 Å². The number of hydrogen-bond acceptors (Lipinski definition) is 4. The molecule has 1 aromatic heterocycles. The van der Waals surface area contributed by atoms with Crippen LogP contribution in [0.3, 0.4) is 0 Å². The normalized spacial score (nSPS) is 13.5. The maximum Gasteiger partial charge on any atom is 0.379 e. The molecule has 0 saturated heterocycles. The van der Waals surface area contributed by atoms with Crippen molar-refractivity contribution in [3.8, 4) is 11.8 Å². The molecule has 0 aliphatic heterocycles. The van der Waals surface area contributed by atoms with Crippen molar-refractivity contribution in [2.24, 2.45) is 5.92 Å². The van der Waals surface area contributed by atoms with Gasteiger partial charge in [0.15, 0.2) is 0 Å². The van der Waals surface area contributed by atoms with Crippen molar-refractivity contribution in [2.75, 3.05) is 18.1 Å². The lowest BCUT2D eigenvalue weighted by atomic mass is 9.98. The highest BCUT2D eigenvalue weighted by Gasteiger charge is 2.20. The van der Waals surface area contributed by atoms with Gasteiger partial charge in [-0.3, -0.25) is 0 Å². The van der Waals surface area contributed by atoms with Crippen LogP contribution in [0.5, 0.6) is 0 Å². The predicted octanol–water partition coefficient (Wildman–Crippen LogP) is 4.80. The molecule has 30 heavy (non-hydrogen) atoms. The minimum Gasteiger partial charge on any atom is -0.384 e. The molecule has 1 heterocycles. The molecule has 1 unspecified atom stereocenters. The first-order valence-electron chi connectivity index (χ1n) is 9.34. The summed E-state index contributed by atoms with van der Waals surface area (Å²) in [5, 5.41) is 6.28. The third kappa shape index (κ3) is 7.41. The van der Waals surface area contributed by atoms with E-state index in [9.17, 15) is 17.6 Å². The summed E-state index contributed by atoms with van der Waals surface area (Å²) in [5.41, 5.74) is 8.77. The number of anilines is 2. The van der Waals surface area contributed by atoms with Gasteiger partial charge in [-0.25, -0.2) is 9.37 Å². The number of rotatable bonds is 6. The highest BCUT2D eigenvalue weighted by atomic mass is 19.4. The maximum absolute atomic E-state index is 14.8. The molecule has 160 valence electrons. The zero-order valence-corrected chi connectivity index (χ0v) is 16.6. The van der Waals surface area contributed by atoms with Crippen LogP contribution in [0, 0.1) is 23.6 Å². The smallest absolute Gasteiger partial charge is 0.379 e. The second-order valence-electron chi connectivity index (χ2n) is 6.68. The number of nitrogens with one attached hydrogen (secondary N) is 2. The van der Waals surface area contributed by atoms with E-state index >= 15 is 0 Å². The number of halogens is 4. The minimum absolute atomic E-state index is 0.238. The number of alkyl halides is 3. The molecule has 1 aromatic carbocycles. The largest absolute Gasteiger partial charge is 0.384 e. The third-order valence-electron chi connectivity index (χ3n) is 4.33. The van der Waals surface area contributed by atoms with Gasteiger partial charge in [0, 0.05) is 29.8 Å². The van der Waals surface area contributed by atoms with Gasteiger partial charge < -0.3 is 16.4 Å². The molecule has 1 saturated carbocycles. The Morgan fingerprint density at radius 1 is 1.30 bits per heavy atom. The van der Waals surface area contributed by atoms with Crippen molar-refractivity contribution in [3.63, 3.8) is 0 Å². The monoisotopic (exact) mass is 420 g/mol. The number of aromatic nitrogens is 1. The first-order valence-corrected chi connectivity index (χ1v) is 9.34. The van der Waals surface area contributed by atoms with Crippen LogP contribution >= 0.6 is 0 Å². The number of nitrogens with two attached hydrogens (primary N) is 1. The van der Waals surface area contributed by atoms with Crippen LogP contribution in [0.2, 0.25) is 0 Å². The average Bonchev–Trinajstić information content (AvgIpc) is 3.50. The zero-order chi connectivity index (χ0) is 22.1. The molecule has 0 spiro atoms. The van der Waals surface area contributed by atoms with E-state index in [4.69, 9.17) is 5.73 Å². The van der Waals surface area contributed by atoms with E-state index in [1.165, 1.54) is 0 Å². The molecular weight excluding hydrogens is 396 g/mol. The maximum atomic E-state index is 14.8. The molecule has 1 aliphatic rings. The first kappa shape index (κ1) is 23.2. The van der Waals surface area contributed by atoms with Gasteiger partial charge in [-0.2, -0.15) is 13.2 Å². The zero-order valence-electron chi connectivity index (χ0n) is 16.6. The summed E-state index contributed by atoms with van der Waals surface area (Å²) < 4.78 is 43.8. The van der Waals surface area contributed by atoms with Crippen LogP contribution in [-0.2, 0) is 6.42 Å². The van der Waals surface area contributed by atoms with E-state index in [-0.39, 0.29) is 11.9 Å². The van der Waals surface area contributed by atoms with Gasteiger partial charge in [-0.15, -0.1) is 0 Å². The van der Waals surface area contributed by atoms with E-state index in [0.29, 0.717) is 23.7 Å². The SMILES string of the molecule is C=CNc1cc(Cc2ccnc(N)c2)c(F)cc1C(C#CC1CC1)NC.FC(F)F. The summed E-state index contributed by atoms with van der Waals surface area (Å²) in [6.45, 7) is 0.0614. The molecule has 1 aliphatic carbocycles. The minimum atomic E-state index is -3.67. The summed E-state index contributed by atoms with van der Waals surface area (Å²) in [6.07, 6.45) is 5.96. The molecule has 8 heteroatoms. The van der Waals surface area contributed by atoms with Gasteiger partial charge in [0.05, 0.1) is 6.04 Å². The Morgan fingerprint density at radius 3 is 2.57 bits per heavy atom.